The number of guanidine groups is 1. The van der Waals surface area contributed by atoms with Crippen molar-refractivity contribution >= 4 is 29.2 Å². The smallest absolute Gasteiger partial charge is 0.191 e. The minimum Gasteiger partial charge on any atom is -0.393 e. The molecule has 0 radical (unpaired) electrons. The van der Waals surface area contributed by atoms with E-state index in [9.17, 15) is 5.11 Å². The van der Waals surface area contributed by atoms with Crippen molar-refractivity contribution in [2.24, 2.45) is 4.99 Å². The van der Waals surface area contributed by atoms with E-state index < -0.39 is 0 Å². The van der Waals surface area contributed by atoms with Gasteiger partial charge in [0.05, 0.1) is 6.10 Å². The van der Waals surface area contributed by atoms with Crippen molar-refractivity contribution in [2.45, 2.75) is 38.6 Å². The first-order chi connectivity index (χ1) is 14.0. The van der Waals surface area contributed by atoms with Crippen molar-refractivity contribution in [3.63, 3.8) is 0 Å². The molecule has 1 heterocycles. The van der Waals surface area contributed by atoms with Gasteiger partial charge in [0.2, 0.25) is 0 Å². The van der Waals surface area contributed by atoms with E-state index in [1.165, 1.54) is 11.1 Å². The Kier molecular flexibility index (Phi) is 8.19. The van der Waals surface area contributed by atoms with Gasteiger partial charge in [-0.25, -0.2) is 0 Å². The van der Waals surface area contributed by atoms with Crippen molar-refractivity contribution < 1.29 is 5.11 Å². The Morgan fingerprint density at radius 3 is 2.34 bits per heavy atom. The lowest BCUT2D eigenvalue weighted by Crippen LogP contribution is -2.36. The van der Waals surface area contributed by atoms with Gasteiger partial charge in [0, 0.05) is 49.8 Å². The number of rotatable bonds is 6. The number of piperidine rings is 1. The largest absolute Gasteiger partial charge is 0.393 e. The zero-order chi connectivity index (χ0) is 20.6. The zero-order valence-corrected chi connectivity index (χ0v) is 18.2. The Morgan fingerprint density at radius 1 is 1.03 bits per heavy atom. The Morgan fingerprint density at radius 2 is 1.69 bits per heavy atom. The van der Waals surface area contributed by atoms with Crippen LogP contribution in [0.1, 0.15) is 29.5 Å². The molecule has 1 fully saturated rings. The summed E-state index contributed by atoms with van der Waals surface area (Å²) in [6.45, 7) is 4.11. The van der Waals surface area contributed by atoms with Gasteiger partial charge >= 0.3 is 0 Å². The van der Waals surface area contributed by atoms with E-state index in [-0.39, 0.29) is 6.10 Å². The molecule has 0 unspecified atom stereocenters. The fourth-order valence-electron chi connectivity index (χ4n) is 3.35. The van der Waals surface area contributed by atoms with Gasteiger partial charge in [0.25, 0.3) is 0 Å². The summed E-state index contributed by atoms with van der Waals surface area (Å²) >= 11 is 12.2. The molecule has 0 aromatic heterocycles. The lowest BCUT2D eigenvalue weighted by Gasteiger charge is -2.29. The molecule has 2 aromatic rings. The number of hydrogen-bond donors (Lipinski definition) is 3. The molecule has 1 saturated heterocycles. The first kappa shape index (κ1) is 21.9. The van der Waals surface area contributed by atoms with E-state index in [2.05, 4.69) is 44.8 Å². The van der Waals surface area contributed by atoms with Crippen molar-refractivity contribution in [1.82, 2.24) is 15.5 Å². The van der Waals surface area contributed by atoms with Gasteiger partial charge in [0.15, 0.2) is 5.96 Å². The molecule has 0 bridgehead atoms. The van der Waals surface area contributed by atoms with Crippen molar-refractivity contribution in [3.8, 4) is 0 Å². The molecule has 5 nitrogen and oxygen atoms in total. The summed E-state index contributed by atoms with van der Waals surface area (Å²) in [7, 11) is 1.75. The Hall–Kier alpha value is -1.79. The van der Waals surface area contributed by atoms with Gasteiger partial charge in [-0.3, -0.25) is 9.89 Å². The van der Waals surface area contributed by atoms with Crippen molar-refractivity contribution in [3.05, 3.63) is 69.2 Å². The molecule has 1 aliphatic rings. The Bertz CT molecular complexity index is 818. The maximum absolute atomic E-state index is 9.62. The fraction of sp³-hybridized carbons (Fsp3) is 0.409. The summed E-state index contributed by atoms with van der Waals surface area (Å²) in [5, 5.41) is 17.5. The lowest BCUT2D eigenvalue weighted by atomic mass is 10.1. The number of halogens is 2. The molecule has 1 aliphatic heterocycles. The number of aliphatic hydroxyl groups is 1. The summed E-state index contributed by atoms with van der Waals surface area (Å²) in [5.74, 6) is 0.715. The molecular weight excluding hydrogens is 407 g/mol. The average Bonchev–Trinajstić information content (AvgIpc) is 2.72. The standard InChI is InChI=1S/C22H28Cl2N4O/c1-25-22(27-14-18-6-7-19(23)12-21(18)24)26-13-16-2-4-17(5-3-16)15-28-10-8-20(29)9-11-28/h2-7,12,20,29H,8-11,13-15H2,1H3,(H2,25,26,27). The molecule has 29 heavy (non-hydrogen) atoms. The van der Waals surface area contributed by atoms with Crippen LogP contribution < -0.4 is 10.6 Å². The first-order valence-corrected chi connectivity index (χ1v) is 10.7. The predicted molar refractivity (Wildman–Crippen MR) is 120 cm³/mol. The molecule has 0 atom stereocenters. The van der Waals surface area contributed by atoms with Crippen molar-refractivity contribution in [2.75, 3.05) is 20.1 Å². The maximum Gasteiger partial charge on any atom is 0.191 e. The minimum atomic E-state index is -0.126. The summed E-state index contributed by atoms with van der Waals surface area (Å²) in [6.07, 6.45) is 1.61. The highest BCUT2D eigenvalue weighted by molar-refractivity contribution is 6.35. The number of aliphatic imine (C=N–C) groups is 1. The van der Waals surface area contributed by atoms with Crippen LogP contribution in [0.5, 0.6) is 0 Å². The van der Waals surface area contributed by atoms with Crippen LogP contribution in [-0.2, 0) is 19.6 Å². The van der Waals surface area contributed by atoms with E-state index in [0.29, 0.717) is 29.1 Å². The molecule has 2 aromatic carbocycles. The number of nitrogens with one attached hydrogen (secondary N) is 2. The number of aliphatic hydroxyl groups excluding tert-OH is 1. The van der Waals surface area contributed by atoms with Crippen LogP contribution in [0.3, 0.4) is 0 Å². The topological polar surface area (TPSA) is 59.9 Å². The molecule has 3 rings (SSSR count). The van der Waals surface area contributed by atoms with Crippen LogP contribution in [0, 0.1) is 0 Å². The number of nitrogens with zero attached hydrogens (tertiary/aromatic N) is 2. The normalized spacial score (nSPS) is 16.1. The van der Waals surface area contributed by atoms with Gasteiger partial charge in [-0.1, -0.05) is 53.5 Å². The summed E-state index contributed by atoms with van der Waals surface area (Å²) < 4.78 is 0. The fourth-order valence-corrected chi connectivity index (χ4v) is 3.82. The zero-order valence-electron chi connectivity index (χ0n) is 16.7. The third-order valence-corrected chi connectivity index (χ3v) is 5.72. The molecule has 0 saturated carbocycles. The highest BCUT2D eigenvalue weighted by Crippen LogP contribution is 2.20. The van der Waals surface area contributed by atoms with Crippen LogP contribution in [0.4, 0.5) is 0 Å². The maximum atomic E-state index is 9.62. The highest BCUT2D eigenvalue weighted by atomic mass is 35.5. The summed E-state index contributed by atoms with van der Waals surface area (Å²) in [4.78, 5) is 6.66. The third kappa shape index (κ3) is 6.89. The second-order valence-corrected chi connectivity index (χ2v) is 8.18. The molecule has 3 N–H and O–H groups in total. The van der Waals surface area contributed by atoms with Crippen LogP contribution in [0.25, 0.3) is 0 Å². The predicted octanol–water partition coefficient (Wildman–Crippen LogP) is 3.82. The molecule has 156 valence electrons. The average molecular weight is 435 g/mol. The Balaban J connectivity index is 1.45. The second kappa shape index (κ2) is 10.8. The van der Waals surface area contributed by atoms with Crippen LogP contribution in [0.2, 0.25) is 10.0 Å². The van der Waals surface area contributed by atoms with Crippen LogP contribution >= 0.6 is 23.2 Å². The van der Waals surface area contributed by atoms with Gasteiger partial charge in [-0.2, -0.15) is 0 Å². The van der Waals surface area contributed by atoms with Crippen LogP contribution in [0.15, 0.2) is 47.5 Å². The van der Waals surface area contributed by atoms with Gasteiger partial charge in [0.1, 0.15) is 0 Å². The molecule has 0 amide bonds. The van der Waals surface area contributed by atoms with E-state index >= 15 is 0 Å². The number of benzene rings is 2. The highest BCUT2D eigenvalue weighted by Gasteiger charge is 2.16. The molecule has 0 aliphatic carbocycles. The Labute approximate surface area is 182 Å². The number of likely N-dealkylation sites (tertiary alicyclic amines) is 1. The molecule has 7 heteroatoms. The van der Waals surface area contributed by atoms with Crippen LogP contribution in [-0.4, -0.2) is 42.2 Å². The SMILES string of the molecule is CN=C(NCc1ccc(CN2CCC(O)CC2)cc1)NCc1ccc(Cl)cc1Cl. The van der Waals surface area contributed by atoms with Gasteiger partial charge in [-0.05, 0) is 41.7 Å². The van der Waals surface area contributed by atoms with E-state index in [1.807, 2.05) is 12.1 Å². The molecule has 0 spiro atoms. The summed E-state index contributed by atoms with van der Waals surface area (Å²) in [5.41, 5.74) is 3.45. The quantitative estimate of drug-likeness (QED) is 0.477. The minimum absolute atomic E-state index is 0.126. The lowest BCUT2D eigenvalue weighted by molar-refractivity contribution is 0.0792. The molecular formula is C22H28Cl2N4O. The summed E-state index contributed by atoms with van der Waals surface area (Å²) in [6, 6.07) is 14.1. The van der Waals surface area contributed by atoms with Crippen molar-refractivity contribution in [1.29, 1.82) is 0 Å². The van der Waals surface area contributed by atoms with Gasteiger partial charge in [-0.15, -0.1) is 0 Å². The van der Waals surface area contributed by atoms with E-state index in [1.54, 1.807) is 13.1 Å². The second-order valence-electron chi connectivity index (χ2n) is 7.34. The first-order valence-electron chi connectivity index (χ1n) is 9.90. The monoisotopic (exact) mass is 434 g/mol. The van der Waals surface area contributed by atoms with Gasteiger partial charge < -0.3 is 15.7 Å². The van der Waals surface area contributed by atoms with E-state index in [0.717, 1.165) is 38.0 Å². The third-order valence-electron chi connectivity index (χ3n) is 5.13. The number of hydrogen-bond acceptors (Lipinski definition) is 3. The van der Waals surface area contributed by atoms with E-state index in [4.69, 9.17) is 23.2 Å².